The van der Waals surface area contributed by atoms with Crippen LogP contribution in [0.1, 0.15) is 23.0 Å². The van der Waals surface area contributed by atoms with Gasteiger partial charge < -0.3 is 14.5 Å². The summed E-state index contributed by atoms with van der Waals surface area (Å²) in [6, 6.07) is 20.0. The SMILES string of the molecule is CCOc1ccccc1N1CCN(C(=O)c2cc(-c3ccccc3)nc3c2c(C)nn3C)CC1. The molecule has 1 saturated heterocycles. The van der Waals surface area contributed by atoms with Crippen molar-refractivity contribution in [1.82, 2.24) is 19.7 Å². The van der Waals surface area contributed by atoms with E-state index in [2.05, 4.69) is 16.1 Å². The summed E-state index contributed by atoms with van der Waals surface area (Å²) < 4.78 is 7.57. The van der Waals surface area contributed by atoms with E-state index in [0.29, 0.717) is 25.3 Å². The third kappa shape index (κ3) is 3.98. The molecule has 0 unspecified atom stereocenters. The molecule has 0 N–H and O–H groups in total. The predicted octanol–water partition coefficient (Wildman–Crippen LogP) is 4.30. The summed E-state index contributed by atoms with van der Waals surface area (Å²) in [6.45, 7) is 7.34. The number of nitrogens with zero attached hydrogens (tertiary/aromatic N) is 5. The van der Waals surface area contributed by atoms with E-state index in [-0.39, 0.29) is 5.91 Å². The highest BCUT2D eigenvalue weighted by atomic mass is 16.5. The average Bonchev–Trinajstić information content (AvgIpc) is 3.17. The Hall–Kier alpha value is -3.87. The zero-order valence-corrected chi connectivity index (χ0v) is 19.9. The number of benzene rings is 2. The molecule has 4 aromatic rings. The van der Waals surface area contributed by atoms with Crippen LogP contribution >= 0.6 is 0 Å². The van der Waals surface area contributed by atoms with Gasteiger partial charge in [-0.3, -0.25) is 9.48 Å². The lowest BCUT2D eigenvalue weighted by Crippen LogP contribution is -2.49. The van der Waals surface area contributed by atoms with Crippen LogP contribution in [0.15, 0.2) is 60.7 Å². The Balaban J connectivity index is 1.44. The number of amides is 1. The fraction of sp³-hybridized carbons (Fsp3) is 0.296. The largest absolute Gasteiger partial charge is 0.492 e. The number of ether oxygens (including phenoxy) is 1. The van der Waals surface area contributed by atoms with Crippen LogP contribution in [-0.2, 0) is 7.05 Å². The van der Waals surface area contributed by atoms with Gasteiger partial charge in [-0.2, -0.15) is 5.10 Å². The summed E-state index contributed by atoms with van der Waals surface area (Å²) >= 11 is 0. The van der Waals surface area contributed by atoms with Crippen molar-refractivity contribution in [2.24, 2.45) is 7.05 Å². The number of hydrogen-bond acceptors (Lipinski definition) is 5. The maximum atomic E-state index is 13.8. The van der Waals surface area contributed by atoms with Crippen molar-refractivity contribution in [3.63, 3.8) is 0 Å². The minimum absolute atomic E-state index is 0.0263. The van der Waals surface area contributed by atoms with Gasteiger partial charge in [-0.1, -0.05) is 42.5 Å². The minimum atomic E-state index is 0.0263. The summed E-state index contributed by atoms with van der Waals surface area (Å²) in [6.07, 6.45) is 0. The van der Waals surface area contributed by atoms with E-state index in [9.17, 15) is 4.79 Å². The lowest BCUT2D eigenvalue weighted by molar-refractivity contribution is 0.0748. The number of rotatable bonds is 5. The minimum Gasteiger partial charge on any atom is -0.492 e. The topological polar surface area (TPSA) is 63.5 Å². The van der Waals surface area contributed by atoms with Gasteiger partial charge in [0.1, 0.15) is 5.75 Å². The first-order valence-electron chi connectivity index (χ1n) is 11.7. The highest BCUT2D eigenvalue weighted by Gasteiger charge is 2.27. The molecule has 0 aliphatic carbocycles. The molecule has 174 valence electrons. The maximum Gasteiger partial charge on any atom is 0.254 e. The van der Waals surface area contributed by atoms with Crippen molar-refractivity contribution in [3.05, 3.63) is 71.9 Å². The molecule has 2 aromatic carbocycles. The van der Waals surface area contributed by atoms with Crippen LogP contribution in [0.5, 0.6) is 5.75 Å². The van der Waals surface area contributed by atoms with Crippen LogP contribution < -0.4 is 9.64 Å². The number of aromatic nitrogens is 3. The molecule has 7 nitrogen and oxygen atoms in total. The number of pyridine rings is 1. The highest BCUT2D eigenvalue weighted by Crippen LogP contribution is 2.31. The number of anilines is 1. The molecule has 1 aliphatic rings. The normalized spacial score (nSPS) is 14.0. The second-order valence-electron chi connectivity index (χ2n) is 8.51. The van der Waals surface area contributed by atoms with E-state index in [0.717, 1.165) is 52.5 Å². The van der Waals surface area contributed by atoms with E-state index < -0.39 is 0 Å². The van der Waals surface area contributed by atoms with Crippen LogP contribution in [0.2, 0.25) is 0 Å². The fourth-order valence-electron chi connectivity index (χ4n) is 4.69. The molecule has 3 heterocycles. The smallest absolute Gasteiger partial charge is 0.254 e. The Morgan fingerprint density at radius 3 is 2.44 bits per heavy atom. The molecule has 1 aliphatic heterocycles. The molecule has 0 spiro atoms. The molecule has 7 heteroatoms. The third-order valence-corrected chi connectivity index (χ3v) is 6.34. The van der Waals surface area contributed by atoms with Crippen molar-refractivity contribution in [2.75, 3.05) is 37.7 Å². The van der Waals surface area contributed by atoms with E-state index in [1.807, 2.05) is 80.4 Å². The van der Waals surface area contributed by atoms with E-state index >= 15 is 0 Å². The van der Waals surface area contributed by atoms with E-state index in [4.69, 9.17) is 9.72 Å². The standard InChI is InChI=1S/C27H29N5O2/c1-4-34-24-13-9-8-12-23(24)31-14-16-32(17-15-31)27(33)21-18-22(20-10-6-5-7-11-20)28-26-25(21)19(2)29-30(26)3/h5-13,18H,4,14-17H2,1-3H3. The molecule has 5 rings (SSSR count). The third-order valence-electron chi connectivity index (χ3n) is 6.34. The quantitative estimate of drug-likeness (QED) is 0.449. The summed E-state index contributed by atoms with van der Waals surface area (Å²) in [4.78, 5) is 22.9. The molecule has 0 atom stereocenters. The second kappa shape index (κ2) is 9.17. The van der Waals surface area contributed by atoms with E-state index in [1.54, 1.807) is 4.68 Å². The number of piperazine rings is 1. The maximum absolute atomic E-state index is 13.8. The number of para-hydroxylation sites is 2. The Kier molecular flexibility index (Phi) is 5.92. The molecule has 1 fully saturated rings. The molecule has 0 saturated carbocycles. The Bertz CT molecular complexity index is 1320. The fourth-order valence-corrected chi connectivity index (χ4v) is 4.69. The lowest BCUT2D eigenvalue weighted by atomic mass is 10.0. The van der Waals surface area contributed by atoms with Crippen LogP contribution in [0.25, 0.3) is 22.3 Å². The number of hydrogen-bond donors (Lipinski definition) is 0. The zero-order chi connectivity index (χ0) is 23.7. The van der Waals surface area contributed by atoms with Gasteiger partial charge in [-0.25, -0.2) is 4.98 Å². The van der Waals surface area contributed by atoms with Gasteiger partial charge in [0.2, 0.25) is 0 Å². The zero-order valence-electron chi connectivity index (χ0n) is 19.9. The van der Waals surface area contributed by atoms with Crippen molar-refractivity contribution in [2.45, 2.75) is 13.8 Å². The van der Waals surface area contributed by atoms with Gasteiger partial charge in [0.15, 0.2) is 5.65 Å². The van der Waals surface area contributed by atoms with Gasteiger partial charge in [0.25, 0.3) is 5.91 Å². The summed E-state index contributed by atoms with van der Waals surface area (Å²) in [5.41, 5.74) is 5.05. The monoisotopic (exact) mass is 455 g/mol. The Labute approximate surface area is 199 Å². The van der Waals surface area contributed by atoms with Crippen LogP contribution in [-0.4, -0.2) is 58.4 Å². The second-order valence-corrected chi connectivity index (χ2v) is 8.51. The average molecular weight is 456 g/mol. The number of carbonyl (C=O) groups excluding carboxylic acids is 1. The summed E-state index contributed by atoms with van der Waals surface area (Å²) in [5, 5.41) is 5.38. The van der Waals surface area contributed by atoms with Crippen molar-refractivity contribution in [3.8, 4) is 17.0 Å². The number of fused-ring (bicyclic) bond motifs is 1. The molecule has 1 amide bonds. The molecule has 0 radical (unpaired) electrons. The molecule has 0 bridgehead atoms. The predicted molar refractivity (Wildman–Crippen MR) is 134 cm³/mol. The Morgan fingerprint density at radius 2 is 1.71 bits per heavy atom. The molecular weight excluding hydrogens is 426 g/mol. The first-order chi connectivity index (χ1) is 16.6. The number of aryl methyl sites for hydroxylation is 2. The van der Waals surface area contributed by atoms with E-state index in [1.165, 1.54) is 0 Å². The van der Waals surface area contributed by atoms with Crippen molar-refractivity contribution < 1.29 is 9.53 Å². The first-order valence-corrected chi connectivity index (χ1v) is 11.7. The molecular formula is C27H29N5O2. The van der Waals surface area contributed by atoms with Crippen molar-refractivity contribution in [1.29, 1.82) is 0 Å². The molecule has 2 aromatic heterocycles. The number of carbonyl (C=O) groups is 1. The van der Waals surface area contributed by atoms with Gasteiger partial charge in [0, 0.05) is 38.8 Å². The van der Waals surface area contributed by atoms with Crippen LogP contribution in [0.3, 0.4) is 0 Å². The van der Waals surface area contributed by atoms with Crippen molar-refractivity contribution >= 4 is 22.6 Å². The summed E-state index contributed by atoms with van der Waals surface area (Å²) in [5.74, 6) is 0.914. The first kappa shape index (κ1) is 21.9. The van der Waals surface area contributed by atoms with Crippen LogP contribution in [0.4, 0.5) is 5.69 Å². The Morgan fingerprint density at radius 1 is 1.00 bits per heavy atom. The van der Waals surface area contributed by atoms with Gasteiger partial charge >= 0.3 is 0 Å². The lowest BCUT2D eigenvalue weighted by Gasteiger charge is -2.36. The van der Waals surface area contributed by atoms with Gasteiger partial charge in [0.05, 0.1) is 34.6 Å². The van der Waals surface area contributed by atoms with Crippen LogP contribution in [0, 0.1) is 6.92 Å². The highest BCUT2D eigenvalue weighted by molar-refractivity contribution is 6.07. The molecule has 34 heavy (non-hydrogen) atoms. The van der Waals surface area contributed by atoms with Gasteiger partial charge in [-0.15, -0.1) is 0 Å². The summed E-state index contributed by atoms with van der Waals surface area (Å²) in [7, 11) is 1.87. The van der Waals surface area contributed by atoms with Gasteiger partial charge in [-0.05, 0) is 32.0 Å².